The molecule has 0 aliphatic carbocycles. The maximum atomic E-state index is 14.5. The lowest BCUT2D eigenvalue weighted by Gasteiger charge is -2.32. The number of phenols is 2. The van der Waals surface area contributed by atoms with E-state index in [1.165, 1.54) is 106 Å². The second-order valence-corrected chi connectivity index (χ2v) is 18.3. The van der Waals surface area contributed by atoms with Gasteiger partial charge in [-0.3, -0.25) is 24.0 Å². The number of fused-ring (bicyclic) bond motifs is 5. The summed E-state index contributed by atoms with van der Waals surface area (Å²) < 4.78 is 0. The number of carboxylic acid groups (broad SMARTS) is 1. The van der Waals surface area contributed by atoms with Gasteiger partial charge in [0.1, 0.15) is 29.4 Å². The number of unbranched alkanes of at least 4 members (excludes halogenated alkanes) is 7. The number of aliphatic carboxylic acids is 1. The van der Waals surface area contributed by atoms with Gasteiger partial charge in [0, 0.05) is 67.7 Å². The third-order valence-electron chi connectivity index (χ3n) is 13.0. The van der Waals surface area contributed by atoms with Gasteiger partial charge < -0.3 is 31.3 Å². The number of benzene rings is 4. The first kappa shape index (κ1) is 51.8. The fourth-order valence-corrected chi connectivity index (χ4v) is 8.98. The van der Waals surface area contributed by atoms with Crippen molar-refractivity contribution in [3.8, 4) is 33.8 Å². The first-order valence-corrected chi connectivity index (χ1v) is 24.1. The Hall–Kier alpha value is -6.14. The number of hydrogen-bond donors (Lipinski definition) is 5. The summed E-state index contributed by atoms with van der Waals surface area (Å²) in [6.07, 6.45) is 11.4. The van der Waals surface area contributed by atoms with Crippen LogP contribution >= 0.6 is 0 Å². The SMILES string of the molecule is CCCCCCCCCc1ccc(-c2ccc(C(=O)CCCC(=O)C[C@@H](CCCCN)C(=O)N(C)[C@@H]3C(=O)C[C@@H](C)C(=O)N[C@H](C(=O)O)Cc4ccc(O)c(c4)-c4cc3ccc4O)cc2)cc1. The van der Waals surface area contributed by atoms with Crippen molar-refractivity contribution in [2.75, 3.05) is 13.6 Å². The number of carbonyl (C=O) groups is 6. The molecule has 0 spiro atoms. The van der Waals surface area contributed by atoms with Crippen molar-refractivity contribution in [2.45, 2.75) is 135 Å². The van der Waals surface area contributed by atoms with Crippen LogP contribution in [0.4, 0.5) is 0 Å². The molecule has 4 atom stereocenters. The van der Waals surface area contributed by atoms with Crippen molar-refractivity contribution in [1.82, 2.24) is 10.2 Å². The zero-order chi connectivity index (χ0) is 48.5. The highest BCUT2D eigenvalue weighted by Gasteiger charge is 2.36. The smallest absolute Gasteiger partial charge is 0.326 e. The van der Waals surface area contributed by atoms with E-state index in [1.54, 1.807) is 0 Å². The monoisotopic (exact) mass is 916 g/mol. The van der Waals surface area contributed by atoms with Crippen LogP contribution in [0.2, 0.25) is 0 Å². The average molecular weight is 916 g/mol. The molecule has 0 fully saturated rings. The maximum absolute atomic E-state index is 14.5. The van der Waals surface area contributed by atoms with Gasteiger partial charge in [0.2, 0.25) is 11.8 Å². The number of rotatable bonds is 23. The number of amides is 2. The Morgan fingerprint density at radius 3 is 2.03 bits per heavy atom. The molecule has 4 bridgehead atoms. The van der Waals surface area contributed by atoms with Crippen molar-refractivity contribution in [3.05, 3.63) is 107 Å². The molecule has 4 aromatic carbocycles. The van der Waals surface area contributed by atoms with Crippen molar-refractivity contribution in [3.63, 3.8) is 0 Å². The number of hydrogen-bond acceptors (Lipinski definition) is 9. The molecular weight excluding hydrogens is 847 g/mol. The van der Waals surface area contributed by atoms with Crippen LogP contribution < -0.4 is 11.1 Å². The zero-order valence-corrected chi connectivity index (χ0v) is 39.4. The Morgan fingerprint density at radius 2 is 1.37 bits per heavy atom. The molecular formula is C55H69N3O9. The lowest BCUT2D eigenvalue weighted by atomic mass is 9.88. The average Bonchev–Trinajstić information content (AvgIpc) is 3.31. The van der Waals surface area contributed by atoms with Crippen LogP contribution in [0.1, 0.15) is 143 Å². The highest BCUT2D eigenvalue weighted by Crippen LogP contribution is 2.40. The summed E-state index contributed by atoms with van der Waals surface area (Å²) >= 11 is 0. The summed E-state index contributed by atoms with van der Waals surface area (Å²) in [4.78, 5) is 82.5. The Labute approximate surface area is 395 Å². The van der Waals surface area contributed by atoms with Crippen molar-refractivity contribution in [1.29, 1.82) is 0 Å². The minimum atomic E-state index is -1.35. The Kier molecular flexibility index (Phi) is 19.9. The van der Waals surface area contributed by atoms with Crippen LogP contribution in [0.25, 0.3) is 22.3 Å². The number of ketones is 3. The first-order valence-electron chi connectivity index (χ1n) is 24.1. The number of aromatic hydroxyl groups is 2. The third-order valence-corrected chi connectivity index (χ3v) is 13.0. The summed E-state index contributed by atoms with van der Waals surface area (Å²) in [6.45, 7) is 4.12. The van der Waals surface area contributed by atoms with Gasteiger partial charge in [0.05, 0.1) is 0 Å². The van der Waals surface area contributed by atoms with Gasteiger partial charge in [-0.1, -0.05) is 119 Å². The van der Waals surface area contributed by atoms with E-state index in [9.17, 15) is 44.1 Å². The fourth-order valence-electron chi connectivity index (χ4n) is 8.98. The molecule has 5 rings (SSSR count). The number of Topliss-reactive ketones (excluding diaryl/α,β-unsaturated/α-hetero) is 3. The van der Waals surface area contributed by atoms with Gasteiger partial charge in [-0.05, 0) is 90.7 Å². The van der Waals surface area contributed by atoms with Gasteiger partial charge >= 0.3 is 5.97 Å². The quantitative estimate of drug-likeness (QED) is 0.0352. The second kappa shape index (κ2) is 25.7. The lowest BCUT2D eigenvalue weighted by Crippen LogP contribution is -2.45. The molecule has 358 valence electrons. The molecule has 4 aromatic rings. The number of nitrogens with two attached hydrogens (primary N) is 1. The fraction of sp³-hybridized carbons (Fsp3) is 0.455. The number of nitrogens with one attached hydrogen (secondary N) is 1. The molecule has 6 N–H and O–H groups in total. The minimum absolute atomic E-state index is 0.0790. The molecule has 2 amide bonds. The van der Waals surface area contributed by atoms with Crippen molar-refractivity contribution in [2.24, 2.45) is 17.6 Å². The Morgan fingerprint density at radius 1 is 0.746 bits per heavy atom. The topological polar surface area (TPSA) is 204 Å². The number of phenolic OH excluding ortho intramolecular Hbond substituents is 2. The number of carboxylic acids is 1. The Balaban J connectivity index is 1.25. The van der Waals surface area contributed by atoms with Crippen LogP contribution in [0.15, 0.2) is 84.9 Å². The molecule has 12 nitrogen and oxygen atoms in total. The van der Waals surface area contributed by atoms with E-state index < -0.39 is 47.5 Å². The van der Waals surface area contributed by atoms with Crippen LogP contribution in [-0.4, -0.2) is 75.0 Å². The molecule has 0 aromatic heterocycles. The predicted octanol–water partition coefficient (Wildman–Crippen LogP) is 9.70. The van der Waals surface area contributed by atoms with Gasteiger partial charge in [0.15, 0.2) is 11.6 Å². The molecule has 1 aliphatic rings. The van der Waals surface area contributed by atoms with Crippen molar-refractivity contribution >= 4 is 35.1 Å². The third kappa shape index (κ3) is 14.9. The first-order chi connectivity index (χ1) is 32.2. The van der Waals surface area contributed by atoms with Crippen molar-refractivity contribution < 1.29 is 44.1 Å². The van der Waals surface area contributed by atoms with E-state index in [0.717, 1.165) is 17.5 Å². The number of likely N-dealkylation sites (N-methyl/N-ethyl adjacent to an activating group) is 1. The van der Waals surface area contributed by atoms with E-state index in [0.29, 0.717) is 48.9 Å². The molecule has 1 aliphatic heterocycles. The van der Waals surface area contributed by atoms with E-state index >= 15 is 0 Å². The van der Waals surface area contributed by atoms with E-state index in [1.807, 2.05) is 24.3 Å². The standard InChI is InChI=1S/C55H69N3O9/c1-4-5-6-7-8-9-10-14-37-18-21-39(22-19-37)40-23-25-41(26-24-40)48(60)17-13-16-44(59)34-43(15-11-12-30-56)54(65)58(3)52-42-27-29-50(62)46(35-42)45-32-38(20-28-49(45)61)33-47(55(66)67)57-53(64)36(2)31-51(52)63/h18-29,32,35-36,43,47,52,61-62H,4-17,30-31,33-34,56H2,1-3H3,(H,57,64)(H,66,67)/t36-,43-,47+,52+/m1/s1. The molecule has 0 unspecified atom stereocenters. The summed E-state index contributed by atoms with van der Waals surface area (Å²) in [5.74, 6) is -5.48. The number of nitrogens with zero attached hydrogens (tertiary/aromatic N) is 1. The highest BCUT2D eigenvalue weighted by molar-refractivity contribution is 5.97. The molecule has 1 heterocycles. The normalized spacial score (nSPS) is 16.7. The molecule has 67 heavy (non-hydrogen) atoms. The van der Waals surface area contributed by atoms with E-state index in [-0.39, 0.29) is 66.3 Å². The number of aryl methyl sites for hydroxylation is 1. The van der Waals surface area contributed by atoms with E-state index in [2.05, 4.69) is 36.5 Å². The van der Waals surface area contributed by atoms with Gasteiger partial charge in [0.25, 0.3) is 0 Å². The summed E-state index contributed by atoms with van der Waals surface area (Å²) in [5.41, 5.74) is 10.9. The van der Waals surface area contributed by atoms with E-state index in [4.69, 9.17) is 5.73 Å². The van der Waals surface area contributed by atoms with Crippen LogP contribution in [0.5, 0.6) is 11.5 Å². The summed E-state index contributed by atoms with van der Waals surface area (Å²) in [6, 6.07) is 22.2. The summed E-state index contributed by atoms with van der Waals surface area (Å²) in [5, 5.41) is 34.4. The largest absolute Gasteiger partial charge is 0.507 e. The number of carbonyl (C=O) groups excluding carboxylic acids is 5. The highest BCUT2D eigenvalue weighted by atomic mass is 16.4. The van der Waals surface area contributed by atoms with Gasteiger partial charge in [-0.2, -0.15) is 0 Å². The lowest BCUT2D eigenvalue weighted by molar-refractivity contribution is -0.144. The maximum Gasteiger partial charge on any atom is 0.326 e. The van der Waals surface area contributed by atoms with Crippen LogP contribution in [0, 0.1) is 11.8 Å². The predicted molar refractivity (Wildman–Crippen MR) is 261 cm³/mol. The van der Waals surface area contributed by atoms with Gasteiger partial charge in [-0.25, -0.2) is 4.79 Å². The molecule has 0 radical (unpaired) electrons. The minimum Gasteiger partial charge on any atom is -0.507 e. The van der Waals surface area contributed by atoms with Crippen LogP contribution in [0.3, 0.4) is 0 Å². The Bertz CT molecular complexity index is 2320. The second-order valence-electron chi connectivity index (χ2n) is 18.3. The molecule has 12 heteroatoms. The zero-order valence-electron chi connectivity index (χ0n) is 39.4. The molecule has 0 saturated carbocycles. The van der Waals surface area contributed by atoms with Crippen LogP contribution in [-0.2, 0) is 36.8 Å². The summed E-state index contributed by atoms with van der Waals surface area (Å²) in [7, 11) is 1.46. The van der Waals surface area contributed by atoms with Gasteiger partial charge in [-0.15, -0.1) is 0 Å². The molecule has 0 saturated heterocycles.